The first kappa shape index (κ1) is 6.12. The van der Waals surface area contributed by atoms with Crippen LogP contribution in [0.5, 0.6) is 0 Å². The van der Waals surface area contributed by atoms with Crippen molar-refractivity contribution < 1.29 is 18.3 Å². The van der Waals surface area contributed by atoms with E-state index in [0.717, 1.165) is 22.6 Å². The van der Waals surface area contributed by atoms with Crippen LogP contribution in [0, 0.1) is 0 Å². The summed E-state index contributed by atoms with van der Waals surface area (Å²) >= 11 is 6.47. The fourth-order valence-corrected chi connectivity index (χ4v) is 1.28. The molecule has 1 rings (SSSR count). The van der Waals surface area contributed by atoms with Crippen molar-refractivity contribution in [1.82, 2.24) is 9.97 Å². The number of hydrogen-bond donors (Lipinski definition) is 0. The van der Waals surface area contributed by atoms with Crippen LogP contribution in [0.25, 0.3) is 0 Å². The third kappa shape index (κ3) is 1.50. The predicted molar refractivity (Wildman–Crippen MR) is 26.7 cm³/mol. The second kappa shape index (κ2) is 2.52. The normalized spacial score (nSPS) is 9.38. The Balaban J connectivity index is 3.08. The summed E-state index contributed by atoms with van der Waals surface area (Å²) in [6.45, 7) is 0. The molecular weight excluding hydrogens is 177 g/mol. The van der Waals surface area contributed by atoms with E-state index in [1.54, 1.807) is 6.20 Å². The van der Waals surface area contributed by atoms with Crippen molar-refractivity contribution >= 4 is 15.9 Å². The average Bonchev–Trinajstić information content (AvgIpc) is 1.64. The summed E-state index contributed by atoms with van der Waals surface area (Å²) in [6, 6.07) is 1.85. The molecule has 1 aromatic heterocycles. The van der Waals surface area contributed by atoms with Crippen molar-refractivity contribution in [3.63, 3.8) is 0 Å². The first-order valence-corrected chi connectivity index (χ1v) is 3.96. The van der Waals surface area contributed by atoms with E-state index in [0.29, 0.717) is 5.28 Å². The van der Waals surface area contributed by atoms with Crippen LogP contribution in [0.4, 0.5) is 0 Å². The molecule has 0 unspecified atom stereocenters. The van der Waals surface area contributed by atoms with Gasteiger partial charge in [0.2, 0.25) is 0 Å². The second-order valence-corrected chi connectivity index (χ2v) is 3.18. The van der Waals surface area contributed by atoms with Crippen LogP contribution in [-0.4, -0.2) is 9.97 Å². The van der Waals surface area contributed by atoms with Crippen LogP contribution < -0.4 is 4.29 Å². The topological polar surface area (TPSA) is 25.8 Å². The van der Waals surface area contributed by atoms with Gasteiger partial charge in [0.25, 0.3) is 0 Å². The Morgan fingerprint density at radius 2 is 2.38 bits per heavy atom. The summed E-state index contributed by atoms with van der Waals surface area (Å²) in [7, 11) is 0. The molecule has 2 nitrogen and oxygen atoms in total. The molecular formula is C4H2ClN2Zn+. The van der Waals surface area contributed by atoms with Gasteiger partial charge in [0.15, 0.2) is 0 Å². The fraction of sp³-hybridized carbons (Fsp3) is 0. The molecule has 0 saturated carbocycles. The zero-order valence-corrected chi connectivity index (χ0v) is 7.86. The Bertz CT molecular complexity index is 174. The fourth-order valence-electron chi connectivity index (χ4n) is 0.369. The Labute approximate surface area is 62.0 Å². The van der Waals surface area contributed by atoms with Gasteiger partial charge in [-0.05, 0) is 0 Å². The summed E-state index contributed by atoms with van der Waals surface area (Å²) in [6.07, 6.45) is 1.66. The molecule has 8 heavy (non-hydrogen) atoms. The second-order valence-electron chi connectivity index (χ2n) is 1.32. The molecule has 0 fully saturated rings. The summed E-state index contributed by atoms with van der Waals surface area (Å²) < 4.78 is 1.02. The Kier molecular flexibility index (Phi) is 1.92. The Morgan fingerprint density at radius 1 is 1.62 bits per heavy atom. The van der Waals surface area contributed by atoms with Crippen molar-refractivity contribution in [3.8, 4) is 0 Å². The van der Waals surface area contributed by atoms with Crippen LogP contribution in [0.1, 0.15) is 0 Å². The van der Waals surface area contributed by atoms with Crippen molar-refractivity contribution in [2.75, 3.05) is 0 Å². The van der Waals surface area contributed by atoms with Crippen LogP contribution in [0.3, 0.4) is 0 Å². The van der Waals surface area contributed by atoms with E-state index < -0.39 is 0 Å². The van der Waals surface area contributed by atoms with E-state index in [2.05, 4.69) is 9.97 Å². The van der Waals surface area contributed by atoms with Gasteiger partial charge in [0, 0.05) is 0 Å². The number of halogens is 1. The quantitative estimate of drug-likeness (QED) is 0.422. The summed E-state index contributed by atoms with van der Waals surface area (Å²) in [5, 5.41) is 0.341. The SMILES string of the molecule is Clc1ncc[c]([Zn+])n1. The van der Waals surface area contributed by atoms with E-state index in [4.69, 9.17) is 11.6 Å². The number of hydrogen-bond acceptors (Lipinski definition) is 2. The van der Waals surface area contributed by atoms with Gasteiger partial charge in [-0.1, -0.05) is 0 Å². The van der Waals surface area contributed by atoms with Gasteiger partial charge in [-0.15, -0.1) is 0 Å². The molecule has 4 heteroatoms. The number of rotatable bonds is 0. The maximum absolute atomic E-state index is 5.44. The van der Waals surface area contributed by atoms with Gasteiger partial charge in [-0.3, -0.25) is 0 Å². The Hall–Kier alpha value is -0.00662. The third-order valence-electron chi connectivity index (χ3n) is 0.684. The van der Waals surface area contributed by atoms with Gasteiger partial charge in [0.05, 0.1) is 0 Å². The van der Waals surface area contributed by atoms with Gasteiger partial charge < -0.3 is 0 Å². The minimum atomic E-state index is 0.341. The van der Waals surface area contributed by atoms with Crippen LogP contribution in [-0.2, 0) is 18.3 Å². The molecule has 0 aromatic carbocycles. The van der Waals surface area contributed by atoms with E-state index in [-0.39, 0.29) is 0 Å². The molecule has 0 amide bonds. The van der Waals surface area contributed by atoms with E-state index in [9.17, 15) is 0 Å². The zero-order chi connectivity index (χ0) is 5.98. The molecule has 0 spiro atoms. The molecule has 1 heterocycles. The minimum absolute atomic E-state index is 0.341. The summed E-state index contributed by atoms with van der Waals surface area (Å²) in [5.41, 5.74) is 0. The molecule has 0 aliphatic heterocycles. The van der Waals surface area contributed by atoms with Gasteiger partial charge in [-0.25, -0.2) is 0 Å². The molecule has 0 aliphatic rings. The van der Waals surface area contributed by atoms with E-state index in [1.165, 1.54) is 0 Å². The monoisotopic (exact) mass is 177 g/mol. The van der Waals surface area contributed by atoms with Crippen molar-refractivity contribution in [2.24, 2.45) is 0 Å². The number of nitrogens with zero attached hydrogens (tertiary/aromatic N) is 2. The van der Waals surface area contributed by atoms with E-state index in [1.807, 2.05) is 6.07 Å². The van der Waals surface area contributed by atoms with Crippen molar-refractivity contribution in [2.45, 2.75) is 0 Å². The summed E-state index contributed by atoms with van der Waals surface area (Å²) in [4.78, 5) is 7.60. The third-order valence-corrected chi connectivity index (χ3v) is 1.69. The molecule has 0 radical (unpaired) electrons. The van der Waals surface area contributed by atoms with Gasteiger partial charge >= 0.3 is 61.7 Å². The average molecular weight is 179 g/mol. The molecule has 0 bridgehead atoms. The van der Waals surface area contributed by atoms with Gasteiger partial charge in [0.1, 0.15) is 0 Å². The summed E-state index contributed by atoms with van der Waals surface area (Å²) in [5.74, 6) is 0. The van der Waals surface area contributed by atoms with Crippen LogP contribution >= 0.6 is 11.6 Å². The van der Waals surface area contributed by atoms with Crippen molar-refractivity contribution in [3.05, 3.63) is 17.5 Å². The van der Waals surface area contributed by atoms with Crippen molar-refractivity contribution in [1.29, 1.82) is 0 Å². The predicted octanol–water partition coefficient (Wildman–Crippen LogP) is 0.302. The maximum atomic E-state index is 5.44. The van der Waals surface area contributed by atoms with Gasteiger partial charge in [-0.2, -0.15) is 0 Å². The van der Waals surface area contributed by atoms with E-state index >= 15 is 0 Å². The zero-order valence-electron chi connectivity index (χ0n) is 4.13. The molecule has 36 valence electrons. The van der Waals surface area contributed by atoms with Crippen LogP contribution in [0.15, 0.2) is 12.3 Å². The first-order valence-electron chi connectivity index (χ1n) is 2.09. The molecule has 1 aromatic rings. The molecule has 0 N–H and O–H groups in total. The Morgan fingerprint density at radius 3 is 2.75 bits per heavy atom. The standard InChI is InChI=1S/C4H2ClN2.Zn/c5-4-6-2-1-3-7-4;/h1-2H;/q;+1. The molecule has 0 atom stereocenters. The first-order chi connectivity index (χ1) is 3.79. The molecule has 0 aliphatic carbocycles. The molecule has 0 saturated heterocycles. The number of aromatic nitrogens is 2. The van der Waals surface area contributed by atoms with Crippen LogP contribution in [0.2, 0.25) is 5.28 Å².